The molecule has 0 radical (unpaired) electrons. The summed E-state index contributed by atoms with van der Waals surface area (Å²) < 4.78 is 31.4. The van der Waals surface area contributed by atoms with Crippen LogP contribution in [0.1, 0.15) is 34.1 Å². The molecule has 1 saturated heterocycles. The zero-order valence-corrected chi connectivity index (χ0v) is 12.6. The maximum atomic E-state index is 12.8. The van der Waals surface area contributed by atoms with Gasteiger partial charge in [0.2, 0.25) is 0 Å². The Balaban J connectivity index is 2.46. The fraction of sp³-hybridized carbons (Fsp3) is 0.571. The summed E-state index contributed by atoms with van der Waals surface area (Å²) in [6.45, 7) is 7.50. The normalized spacial score (nSPS) is 25.4. The Morgan fingerprint density at radius 1 is 1.26 bits per heavy atom. The van der Waals surface area contributed by atoms with Gasteiger partial charge in [-0.25, -0.2) is 8.42 Å². The molecule has 0 bridgehead atoms. The molecule has 0 aromatic heterocycles. The molecule has 5 heteroatoms. The molecule has 1 aromatic rings. The van der Waals surface area contributed by atoms with E-state index in [-0.39, 0.29) is 4.90 Å². The summed E-state index contributed by atoms with van der Waals surface area (Å²) in [4.78, 5) is 0.270. The van der Waals surface area contributed by atoms with Gasteiger partial charge in [0.1, 0.15) is 0 Å². The second-order valence-corrected chi connectivity index (χ2v) is 8.41. The van der Waals surface area contributed by atoms with Crippen LogP contribution in [0.5, 0.6) is 0 Å². The maximum absolute atomic E-state index is 12.8. The van der Waals surface area contributed by atoms with E-state index in [2.05, 4.69) is 0 Å². The first-order valence-electron chi connectivity index (χ1n) is 6.34. The van der Waals surface area contributed by atoms with E-state index in [1.807, 2.05) is 27.7 Å². The predicted octanol–water partition coefficient (Wildman–Crippen LogP) is 2.39. The van der Waals surface area contributed by atoms with Gasteiger partial charge in [-0.15, -0.1) is 0 Å². The minimum atomic E-state index is -3.44. The largest absolute Gasteiger partial charge is 0.399 e. The van der Waals surface area contributed by atoms with Gasteiger partial charge in [0.15, 0.2) is 9.84 Å². The molecule has 1 aliphatic heterocycles. The van der Waals surface area contributed by atoms with Crippen LogP contribution in [-0.2, 0) is 14.6 Å². The molecule has 2 N–H and O–H groups in total. The number of anilines is 1. The molecule has 1 atom stereocenters. The average Bonchev–Trinajstić information content (AvgIpc) is 2.47. The van der Waals surface area contributed by atoms with Crippen molar-refractivity contribution < 1.29 is 13.2 Å². The van der Waals surface area contributed by atoms with Gasteiger partial charge in [0, 0.05) is 5.69 Å². The summed E-state index contributed by atoms with van der Waals surface area (Å²) in [6, 6.07) is 6.44. The van der Waals surface area contributed by atoms with Gasteiger partial charge in [0.05, 0.1) is 21.3 Å². The molecule has 2 rings (SSSR count). The number of nitrogen functional groups attached to an aromatic ring is 1. The summed E-state index contributed by atoms with van der Waals surface area (Å²) >= 11 is 0. The molecule has 1 heterocycles. The van der Waals surface area contributed by atoms with E-state index in [0.29, 0.717) is 12.1 Å². The van der Waals surface area contributed by atoms with Crippen molar-refractivity contribution in [3.05, 3.63) is 24.3 Å². The molecule has 1 aliphatic rings. The van der Waals surface area contributed by atoms with Crippen LogP contribution in [-0.4, -0.2) is 24.9 Å². The maximum Gasteiger partial charge on any atom is 0.184 e. The third-order valence-electron chi connectivity index (χ3n) is 3.55. The molecule has 1 fully saturated rings. The van der Waals surface area contributed by atoms with Gasteiger partial charge in [-0.05, 0) is 52.3 Å². The lowest BCUT2D eigenvalue weighted by Crippen LogP contribution is -2.38. The molecule has 0 saturated carbocycles. The lowest BCUT2D eigenvalue weighted by molar-refractivity contribution is -0.0635. The Morgan fingerprint density at radius 2 is 1.89 bits per heavy atom. The van der Waals surface area contributed by atoms with E-state index in [0.717, 1.165) is 0 Å². The van der Waals surface area contributed by atoms with E-state index < -0.39 is 26.3 Å². The summed E-state index contributed by atoms with van der Waals surface area (Å²) in [6.07, 6.45) is 0.483. The Hall–Kier alpha value is -1.07. The van der Waals surface area contributed by atoms with E-state index in [4.69, 9.17) is 10.5 Å². The second-order valence-electron chi connectivity index (χ2n) is 6.28. The lowest BCUT2D eigenvalue weighted by Gasteiger charge is -2.27. The van der Waals surface area contributed by atoms with Crippen LogP contribution in [0.3, 0.4) is 0 Å². The zero-order valence-electron chi connectivity index (χ0n) is 11.8. The Bertz CT molecular complexity index is 590. The van der Waals surface area contributed by atoms with Crippen molar-refractivity contribution in [2.45, 2.75) is 55.5 Å². The molecule has 1 aromatic carbocycles. The molecular formula is C14H21NO3S. The highest BCUT2D eigenvalue weighted by molar-refractivity contribution is 7.92. The van der Waals surface area contributed by atoms with Gasteiger partial charge >= 0.3 is 0 Å². The van der Waals surface area contributed by atoms with Crippen LogP contribution in [0.4, 0.5) is 5.69 Å². The van der Waals surface area contributed by atoms with Crippen molar-refractivity contribution in [3.63, 3.8) is 0 Å². The number of hydrogen-bond donors (Lipinski definition) is 1. The average molecular weight is 283 g/mol. The van der Waals surface area contributed by atoms with E-state index in [1.165, 1.54) is 6.07 Å². The van der Waals surface area contributed by atoms with Crippen LogP contribution in [0.15, 0.2) is 29.2 Å². The molecule has 4 nitrogen and oxygen atoms in total. The SMILES string of the molecule is CC1(C)CC(S(=O)(=O)c2cccc(N)c2)C(C)(C)O1. The number of hydrogen-bond acceptors (Lipinski definition) is 4. The first-order valence-corrected chi connectivity index (χ1v) is 7.89. The molecule has 19 heavy (non-hydrogen) atoms. The van der Waals surface area contributed by atoms with Gasteiger partial charge in [-0.1, -0.05) is 6.07 Å². The van der Waals surface area contributed by atoms with Crippen LogP contribution in [0.2, 0.25) is 0 Å². The summed E-state index contributed by atoms with van der Waals surface area (Å²) in [7, 11) is -3.44. The lowest BCUT2D eigenvalue weighted by atomic mass is 10.0. The second kappa shape index (κ2) is 4.21. The fourth-order valence-electron chi connectivity index (χ4n) is 2.85. The smallest absolute Gasteiger partial charge is 0.184 e. The number of nitrogens with two attached hydrogens (primary N) is 1. The van der Waals surface area contributed by atoms with Crippen LogP contribution < -0.4 is 5.73 Å². The van der Waals surface area contributed by atoms with Gasteiger partial charge in [-0.2, -0.15) is 0 Å². The molecule has 1 unspecified atom stereocenters. The summed E-state index contributed by atoms with van der Waals surface area (Å²) in [5.41, 5.74) is 5.00. The molecule has 0 spiro atoms. The van der Waals surface area contributed by atoms with E-state index in [9.17, 15) is 8.42 Å². The monoisotopic (exact) mass is 283 g/mol. The molecule has 0 amide bonds. The topological polar surface area (TPSA) is 69.4 Å². The third kappa shape index (κ3) is 2.62. The van der Waals surface area contributed by atoms with Crippen LogP contribution in [0, 0.1) is 0 Å². The van der Waals surface area contributed by atoms with Crippen molar-refractivity contribution in [1.29, 1.82) is 0 Å². The summed E-state index contributed by atoms with van der Waals surface area (Å²) in [5, 5.41) is -0.559. The van der Waals surface area contributed by atoms with Crippen molar-refractivity contribution >= 4 is 15.5 Å². The van der Waals surface area contributed by atoms with Crippen molar-refractivity contribution in [2.75, 3.05) is 5.73 Å². The number of sulfone groups is 1. The van der Waals surface area contributed by atoms with Gasteiger partial charge < -0.3 is 10.5 Å². The first-order chi connectivity index (χ1) is 8.55. The van der Waals surface area contributed by atoms with Gasteiger partial charge in [-0.3, -0.25) is 0 Å². The number of benzene rings is 1. The minimum Gasteiger partial charge on any atom is -0.399 e. The van der Waals surface area contributed by atoms with Gasteiger partial charge in [0.25, 0.3) is 0 Å². The minimum absolute atomic E-state index is 0.270. The number of ether oxygens (including phenoxy) is 1. The molecule has 106 valence electrons. The highest BCUT2D eigenvalue weighted by Gasteiger charge is 2.52. The van der Waals surface area contributed by atoms with Crippen molar-refractivity contribution in [1.82, 2.24) is 0 Å². The first kappa shape index (κ1) is 14.3. The van der Waals surface area contributed by atoms with Crippen LogP contribution in [0.25, 0.3) is 0 Å². The fourth-order valence-corrected chi connectivity index (χ4v) is 5.16. The molecule has 0 aliphatic carbocycles. The quantitative estimate of drug-likeness (QED) is 0.846. The molecular weight excluding hydrogens is 262 g/mol. The predicted molar refractivity (Wildman–Crippen MR) is 75.7 cm³/mol. The van der Waals surface area contributed by atoms with Crippen LogP contribution >= 0.6 is 0 Å². The van der Waals surface area contributed by atoms with Crippen molar-refractivity contribution in [3.8, 4) is 0 Å². The van der Waals surface area contributed by atoms with Crippen molar-refractivity contribution in [2.24, 2.45) is 0 Å². The van der Waals surface area contributed by atoms with E-state index in [1.54, 1.807) is 18.2 Å². The third-order valence-corrected chi connectivity index (χ3v) is 5.95. The highest BCUT2D eigenvalue weighted by atomic mass is 32.2. The Labute approximate surface area is 114 Å². The standard InChI is InChI=1S/C14H21NO3S/c1-13(2)9-12(14(3,4)18-13)19(16,17)11-7-5-6-10(15)8-11/h5-8,12H,9,15H2,1-4H3. The van der Waals surface area contributed by atoms with E-state index >= 15 is 0 Å². The summed E-state index contributed by atoms with van der Waals surface area (Å²) in [5.74, 6) is 0. The Morgan fingerprint density at radius 3 is 2.37 bits per heavy atom. The number of rotatable bonds is 2. The highest BCUT2D eigenvalue weighted by Crippen LogP contribution is 2.43. The Kier molecular flexibility index (Phi) is 3.18. The zero-order chi connectivity index (χ0) is 14.5.